The Morgan fingerprint density at radius 2 is 1.74 bits per heavy atom. The van der Waals surface area contributed by atoms with Crippen molar-refractivity contribution in [3.05, 3.63) is 101 Å². The molecule has 2 N–H and O–H groups in total. The number of aromatic amines is 1. The molecule has 0 bridgehead atoms. The van der Waals surface area contributed by atoms with E-state index in [4.69, 9.17) is 5.11 Å². The molecule has 0 fully saturated rings. The lowest BCUT2D eigenvalue weighted by Crippen LogP contribution is -2.04. The number of hydrogen-bond acceptors (Lipinski definition) is 4. The summed E-state index contributed by atoms with van der Waals surface area (Å²) in [5, 5.41) is 16.9. The number of aromatic nitrogens is 2. The number of H-pyrrole nitrogens is 1. The first-order valence-electron chi connectivity index (χ1n) is 10.8. The smallest absolute Gasteiger partial charge is 0.328 e. The van der Waals surface area contributed by atoms with Gasteiger partial charge in [-0.05, 0) is 64.1 Å². The number of allylic oxidation sites excluding steroid dienone is 1. The van der Waals surface area contributed by atoms with Gasteiger partial charge in [0.15, 0.2) is 9.84 Å². The normalized spacial score (nSPS) is 12.8. The molecule has 7 heteroatoms. The van der Waals surface area contributed by atoms with Crippen molar-refractivity contribution in [3.63, 3.8) is 0 Å². The van der Waals surface area contributed by atoms with Crippen molar-refractivity contribution in [2.24, 2.45) is 0 Å². The van der Waals surface area contributed by atoms with Crippen LogP contribution in [0.25, 0.3) is 28.1 Å². The Kier molecular flexibility index (Phi) is 6.47. The first-order valence-corrected chi connectivity index (χ1v) is 12.6. The minimum atomic E-state index is -3.45. The second-order valence-corrected chi connectivity index (χ2v) is 9.93. The van der Waals surface area contributed by atoms with E-state index in [0.717, 1.165) is 44.8 Å². The van der Waals surface area contributed by atoms with E-state index >= 15 is 0 Å². The Labute approximate surface area is 198 Å². The molecule has 1 aromatic heterocycles. The maximum atomic E-state index is 12.6. The molecule has 0 unspecified atom stereocenters. The highest BCUT2D eigenvalue weighted by atomic mass is 32.2. The highest BCUT2D eigenvalue weighted by molar-refractivity contribution is 7.90. The SMILES string of the molecule is CC/C(=C(/c1ccc(/C=C/C(=O)O)cc1)c1ccc2[nH]ncc2c1)c1ccccc1S(C)(=O)=O. The average molecular weight is 473 g/mol. The average Bonchev–Trinajstić information content (AvgIpc) is 3.29. The maximum absolute atomic E-state index is 12.6. The molecule has 0 aliphatic heterocycles. The molecule has 0 spiro atoms. The number of carboxylic acid groups (broad SMARTS) is 1. The van der Waals surface area contributed by atoms with Crippen LogP contribution in [0, 0.1) is 0 Å². The van der Waals surface area contributed by atoms with Gasteiger partial charge in [0.25, 0.3) is 0 Å². The summed E-state index contributed by atoms with van der Waals surface area (Å²) in [6.45, 7) is 2.01. The number of hydrogen-bond donors (Lipinski definition) is 2. The Bertz CT molecular complexity index is 1530. The Balaban J connectivity index is 1.99. The molecule has 0 aliphatic carbocycles. The van der Waals surface area contributed by atoms with E-state index in [-0.39, 0.29) is 4.90 Å². The lowest BCUT2D eigenvalue weighted by atomic mass is 9.87. The number of carboxylic acids is 1. The zero-order valence-electron chi connectivity index (χ0n) is 18.8. The molecular formula is C27H24N2O4S. The van der Waals surface area contributed by atoms with Crippen LogP contribution in [-0.4, -0.2) is 35.9 Å². The van der Waals surface area contributed by atoms with Gasteiger partial charge in [-0.15, -0.1) is 0 Å². The third-order valence-corrected chi connectivity index (χ3v) is 6.77. The number of aliphatic carboxylic acids is 1. The molecular weight excluding hydrogens is 448 g/mol. The Morgan fingerprint density at radius 3 is 2.41 bits per heavy atom. The van der Waals surface area contributed by atoms with Crippen LogP contribution >= 0.6 is 0 Å². The molecule has 0 saturated heterocycles. The summed E-state index contributed by atoms with van der Waals surface area (Å²) in [6, 6.07) is 20.6. The fourth-order valence-electron chi connectivity index (χ4n) is 4.08. The fourth-order valence-corrected chi connectivity index (χ4v) is 5.00. The minimum absolute atomic E-state index is 0.287. The van der Waals surface area contributed by atoms with E-state index in [0.29, 0.717) is 12.0 Å². The summed E-state index contributed by atoms with van der Waals surface area (Å²) in [5.74, 6) is -1.01. The lowest BCUT2D eigenvalue weighted by Gasteiger charge is -2.18. The van der Waals surface area contributed by atoms with E-state index in [1.165, 1.54) is 12.3 Å². The molecule has 1 heterocycles. The number of fused-ring (bicyclic) bond motifs is 1. The molecule has 34 heavy (non-hydrogen) atoms. The van der Waals surface area contributed by atoms with Gasteiger partial charge in [0, 0.05) is 17.7 Å². The molecule has 4 aromatic rings. The predicted octanol–water partition coefficient (Wildman–Crippen LogP) is 5.43. The van der Waals surface area contributed by atoms with Gasteiger partial charge in [-0.2, -0.15) is 5.10 Å². The quantitative estimate of drug-likeness (QED) is 0.276. The van der Waals surface area contributed by atoms with Crippen LogP contribution in [0.1, 0.15) is 35.6 Å². The van der Waals surface area contributed by atoms with Crippen LogP contribution in [0.4, 0.5) is 0 Å². The van der Waals surface area contributed by atoms with Gasteiger partial charge in [-0.25, -0.2) is 13.2 Å². The van der Waals surface area contributed by atoms with Crippen LogP contribution in [0.5, 0.6) is 0 Å². The zero-order valence-corrected chi connectivity index (χ0v) is 19.6. The molecule has 0 saturated carbocycles. The predicted molar refractivity (Wildman–Crippen MR) is 135 cm³/mol. The molecule has 172 valence electrons. The summed E-state index contributed by atoms with van der Waals surface area (Å²) in [5.41, 5.74) is 5.98. The monoisotopic (exact) mass is 472 g/mol. The molecule has 0 aliphatic rings. The second-order valence-electron chi connectivity index (χ2n) is 7.94. The third kappa shape index (κ3) is 4.84. The summed E-state index contributed by atoms with van der Waals surface area (Å²) >= 11 is 0. The number of carbonyl (C=O) groups is 1. The summed E-state index contributed by atoms with van der Waals surface area (Å²) < 4.78 is 25.2. The van der Waals surface area contributed by atoms with E-state index in [9.17, 15) is 13.2 Å². The van der Waals surface area contributed by atoms with Crippen molar-refractivity contribution < 1.29 is 18.3 Å². The van der Waals surface area contributed by atoms with E-state index in [2.05, 4.69) is 10.2 Å². The van der Waals surface area contributed by atoms with Gasteiger partial charge in [0.05, 0.1) is 16.6 Å². The van der Waals surface area contributed by atoms with Crippen LogP contribution in [0.3, 0.4) is 0 Å². The van der Waals surface area contributed by atoms with Crippen molar-refractivity contribution in [1.29, 1.82) is 0 Å². The molecule has 4 rings (SSSR count). The van der Waals surface area contributed by atoms with Crippen LogP contribution < -0.4 is 0 Å². The van der Waals surface area contributed by atoms with Gasteiger partial charge in [-0.3, -0.25) is 5.10 Å². The van der Waals surface area contributed by atoms with Gasteiger partial charge in [0.2, 0.25) is 0 Å². The fraction of sp³-hybridized carbons (Fsp3) is 0.111. The number of nitrogens with zero attached hydrogens (tertiary/aromatic N) is 1. The Hall–Kier alpha value is -3.97. The second kappa shape index (κ2) is 9.49. The number of benzene rings is 3. The number of nitrogens with one attached hydrogen (secondary N) is 1. The van der Waals surface area contributed by atoms with Gasteiger partial charge in [0.1, 0.15) is 0 Å². The van der Waals surface area contributed by atoms with Gasteiger partial charge < -0.3 is 5.11 Å². The van der Waals surface area contributed by atoms with E-state index < -0.39 is 15.8 Å². The number of rotatable bonds is 7. The first-order chi connectivity index (χ1) is 16.3. The molecule has 0 atom stereocenters. The molecule has 0 radical (unpaired) electrons. The van der Waals surface area contributed by atoms with Crippen LogP contribution in [0.15, 0.2) is 83.9 Å². The minimum Gasteiger partial charge on any atom is -0.478 e. The maximum Gasteiger partial charge on any atom is 0.328 e. The highest BCUT2D eigenvalue weighted by Crippen LogP contribution is 2.37. The molecule has 6 nitrogen and oxygen atoms in total. The van der Waals surface area contributed by atoms with Crippen molar-refractivity contribution in [3.8, 4) is 0 Å². The molecule has 0 amide bonds. The van der Waals surface area contributed by atoms with Crippen molar-refractivity contribution in [1.82, 2.24) is 10.2 Å². The van der Waals surface area contributed by atoms with Crippen molar-refractivity contribution >= 4 is 43.9 Å². The van der Waals surface area contributed by atoms with Crippen molar-refractivity contribution in [2.45, 2.75) is 18.2 Å². The molecule has 3 aromatic carbocycles. The Morgan fingerprint density at radius 1 is 1.03 bits per heavy atom. The largest absolute Gasteiger partial charge is 0.478 e. The lowest BCUT2D eigenvalue weighted by molar-refractivity contribution is -0.131. The van der Waals surface area contributed by atoms with Gasteiger partial charge in [-0.1, -0.05) is 55.5 Å². The first kappa shape index (κ1) is 23.2. The third-order valence-electron chi connectivity index (χ3n) is 5.61. The van der Waals surface area contributed by atoms with Crippen LogP contribution in [-0.2, 0) is 14.6 Å². The number of sulfone groups is 1. The highest BCUT2D eigenvalue weighted by Gasteiger charge is 2.20. The van der Waals surface area contributed by atoms with E-state index in [1.54, 1.807) is 18.3 Å². The zero-order chi connectivity index (χ0) is 24.3. The summed E-state index contributed by atoms with van der Waals surface area (Å²) in [7, 11) is -3.45. The van der Waals surface area contributed by atoms with Crippen LogP contribution in [0.2, 0.25) is 0 Å². The van der Waals surface area contributed by atoms with Crippen molar-refractivity contribution in [2.75, 3.05) is 6.26 Å². The summed E-state index contributed by atoms with van der Waals surface area (Å²) in [4.78, 5) is 11.2. The topological polar surface area (TPSA) is 100 Å². The standard InChI is InChI=1S/C27H24N2O4S/c1-3-22(23-6-4-5-7-25(23)34(2,32)33)27(20-13-14-24-21(16-20)17-28-29-24)19-11-8-18(9-12-19)10-15-26(30)31/h4-17H,3H2,1-2H3,(H,28,29)(H,30,31)/b15-10+,27-22+. The van der Waals surface area contributed by atoms with E-state index in [1.807, 2.05) is 61.5 Å². The summed E-state index contributed by atoms with van der Waals surface area (Å²) in [6.07, 6.45) is 6.21. The van der Waals surface area contributed by atoms with Gasteiger partial charge >= 0.3 is 5.97 Å².